The highest BCUT2D eigenvalue weighted by Crippen LogP contribution is 2.20. The third kappa shape index (κ3) is 4.71. The van der Waals surface area contributed by atoms with Gasteiger partial charge in [-0.05, 0) is 12.8 Å². The lowest BCUT2D eigenvalue weighted by molar-refractivity contribution is -0.119. The third-order valence-electron chi connectivity index (χ3n) is 4.10. The molecule has 24 heavy (non-hydrogen) atoms. The summed E-state index contributed by atoms with van der Waals surface area (Å²) in [6.07, 6.45) is 5.76. The molecule has 5 nitrogen and oxygen atoms in total. The molecule has 0 atom stereocenters. The van der Waals surface area contributed by atoms with Gasteiger partial charge in [-0.15, -0.1) is 0 Å². The van der Waals surface area contributed by atoms with Gasteiger partial charge in [0, 0.05) is 17.7 Å². The van der Waals surface area contributed by atoms with Gasteiger partial charge in [0.2, 0.25) is 5.91 Å². The zero-order chi connectivity index (χ0) is 16.8. The van der Waals surface area contributed by atoms with Crippen molar-refractivity contribution in [1.82, 2.24) is 15.3 Å². The van der Waals surface area contributed by atoms with E-state index in [9.17, 15) is 9.59 Å². The average molecular weight is 343 g/mol. The van der Waals surface area contributed by atoms with Crippen LogP contribution in [0.15, 0.2) is 46.3 Å². The molecule has 1 aromatic carbocycles. The first-order valence-corrected chi connectivity index (χ1v) is 9.28. The van der Waals surface area contributed by atoms with E-state index >= 15 is 0 Å². The van der Waals surface area contributed by atoms with Gasteiger partial charge in [-0.3, -0.25) is 9.59 Å². The van der Waals surface area contributed by atoms with Crippen LogP contribution in [-0.2, 0) is 4.79 Å². The van der Waals surface area contributed by atoms with Crippen molar-refractivity contribution in [3.63, 3.8) is 0 Å². The van der Waals surface area contributed by atoms with Crippen LogP contribution < -0.4 is 10.9 Å². The molecule has 1 fully saturated rings. The Hall–Kier alpha value is -2.08. The summed E-state index contributed by atoms with van der Waals surface area (Å²) in [6, 6.07) is 11.3. The number of thioether (sulfide) groups is 1. The standard InChI is InChI=1S/C18H21N3O2S/c22-16-11-15(13-7-3-1-4-8-13)20-18(21-16)24-12-17(23)19-14-9-5-2-6-10-14/h1,3-4,7-8,11,14H,2,5-6,9-10,12H2,(H,19,23)(H,20,21,22). The molecule has 3 rings (SSSR count). The van der Waals surface area contributed by atoms with Gasteiger partial charge in [0.05, 0.1) is 11.4 Å². The van der Waals surface area contributed by atoms with Crippen LogP contribution in [0.5, 0.6) is 0 Å². The molecule has 6 heteroatoms. The molecule has 0 aliphatic heterocycles. The summed E-state index contributed by atoms with van der Waals surface area (Å²) in [7, 11) is 0. The van der Waals surface area contributed by atoms with Crippen LogP contribution in [0.4, 0.5) is 0 Å². The lowest BCUT2D eigenvalue weighted by Gasteiger charge is -2.22. The average Bonchev–Trinajstić information content (AvgIpc) is 2.61. The number of rotatable bonds is 5. The zero-order valence-corrected chi connectivity index (χ0v) is 14.3. The summed E-state index contributed by atoms with van der Waals surface area (Å²) in [5.74, 6) is 0.261. The fraction of sp³-hybridized carbons (Fsp3) is 0.389. The minimum atomic E-state index is -0.209. The Labute approximate surface area is 145 Å². The molecule has 0 radical (unpaired) electrons. The molecule has 1 heterocycles. The van der Waals surface area contributed by atoms with Crippen molar-refractivity contribution in [3.05, 3.63) is 46.8 Å². The Morgan fingerprint density at radius 3 is 2.71 bits per heavy atom. The van der Waals surface area contributed by atoms with Crippen molar-refractivity contribution in [1.29, 1.82) is 0 Å². The summed E-state index contributed by atoms with van der Waals surface area (Å²) in [5, 5.41) is 3.54. The number of nitrogens with one attached hydrogen (secondary N) is 2. The Balaban J connectivity index is 1.61. The fourth-order valence-electron chi connectivity index (χ4n) is 2.91. The Bertz CT molecular complexity index is 739. The second kappa shape index (κ2) is 8.15. The maximum Gasteiger partial charge on any atom is 0.252 e. The largest absolute Gasteiger partial charge is 0.353 e. The van der Waals surface area contributed by atoms with Gasteiger partial charge in [-0.1, -0.05) is 61.4 Å². The summed E-state index contributed by atoms with van der Waals surface area (Å²) < 4.78 is 0. The van der Waals surface area contributed by atoms with E-state index in [0.717, 1.165) is 18.4 Å². The summed E-state index contributed by atoms with van der Waals surface area (Å²) >= 11 is 1.26. The van der Waals surface area contributed by atoms with Gasteiger partial charge < -0.3 is 10.3 Å². The van der Waals surface area contributed by atoms with Gasteiger partial charge >= 0.3 is 0 Å². The predicted molar refractivity (Wildman–Crippen MR) is 96.0 cm³/mol. The first-order valence-electron chi connectivity index (χ1n) is 8.30. The summed E-state index contributed by atoms with van der Waals surface area (Å²) in [6.45, 7) is 0. The minimum Gasteiger partial charge on any atom is -0.353 e. The first kappa shape index (κ1) is 16.8. The molecule has 0 unspecified atom stereocenters. The van der Waals surface area contributed by atoms with E-state index in [-0.39, 0.29) is 17.2 Å². The fourth-order valence-corrected chi connectivity index (χ4v) is 3.60. The van der Waals surface area contributed by atoms with Crippen LogP contribution in [0.25, 0.3) is 11.3 Å². The Morgan fingerprint density at radius 1 is 1.21 bits per heavy atom. The van der Waals surface area contributed by atoms with Crippen molar-refractivity contribution in [2.24, 2.45) is 0 Å². The van der Waals surface area contributed by atoms with Crippen molar-refractivity contribution >= 4 is 17.7 Å². The van der Waals surface area contributed by atoms with Gasteiger partial charge in [0.25, 0.3) is 5.56 Å². The van der Waals surface area contributed by atoms with Gasteiger partial charge in [-0.2, -0.15) is 0 Å². The van der Waals surface area contributed by atoms with Crippen LogP contribution in [-0.4, -0.2) is 27.7 Å². The maximum atomic E-state index is 12.1. The number of carbonyl (C=O) groups excluding carboxylic acids is 1. The number of nitrogens with zero attached hydrogens (tertiary/aromatic N) is 1. The second-order valence-electron chi connectivity index (χ2n) is 5.99. The van der Waals surface area contributed by atoms with Crippen LogP contribution in [0, 0.1) is 0 Å². The molecule has 1 saturated carbocycles. The second-order valence-corrected chi connectivity index (χ2v) is 6.96. The third-order valence-corrected chi connectivity index (χ3v) is 4.97. The number of hydrogen-bond acceptors (Lipinski definition) is 4. The quantitative estimate of drug-likeness (QED) is 0.646. The zero-order valence-electron chi connectivity index (χ0n) is 13.5. The highest BCUT2D eigenvalue weighted by molar-refractivity contribution is 7.99. The van der Waals surface area contributed by atoms with E-state index in [2.05, 4.69) is 15.3 Å². The molecule has 2 aromatic rings. The minimum absolute atomic E-state index is 0.000312. The van der Waals surface area contributed by atoms with Crippen molar-refractivity contribution in [2.45, 2.75) is 43.3 Å². The number of hydrogen-bond donors (Lipinski definition) is 2. The van der Waals surface area contributed by atoms with E-state index in [1.54, 1.807) is 0 Å². The Kier molecular flexibility index (Phi) is 5.69. The lowest BCUT2D eigenvalue weighted by Crippen LogP contribution is -2.37. The SMILES string of the molecule is O=C(CSc1nc(-c2ccccc2)cc(=O)[nH]1)NC1CCCCC1. The topological polar surface area (TPSA) is 74.8 Å². The predicted octanol–water partition coefficient (Wildman–Crippen LogP) is 2.98. The van der Waals surface area contributed by atoms with Crippen LogP contribution >= 0.6 is 11.8 Å². The van der Waals surface area contributed by atoms with E-state index in [1.165, 1.54) is 37.1 Å². The van der Waals surface area contributed by atoms with Gasteiger partial charge in [0.1, 0.15) is 0 Å². The highest BCUT2D eigenvalue weighted by Gasteiger charge is 2.16. The molecular formula is C18H21N3O2S. The molecule has 0 spiro atoms. The molecule has 0 saturated heterocycles. The van der Waals surface area contributed by atoms with E-state index < -0.39 is 0 Å². The van der Waals surface area contributed by atoms with Gasteiger partial charge in [0.15, 0.2) is 5.16 Å². The number of amides is 1. The molecule has 1 aromatic heterocycles. The number of benzene rings is 1. The number of H-pyrrole nitrogens is 1. The number of carbonyl (C=O) groups is 1. The van der Waals surface area contributed by atoms with Crippen LogP contribution in [0.1, 0.15) is 32.1 Å². The van der Waals surface area contributed by atoms with E-state index in [1.807, 2.05) is 30.3 Å². The van der Waals surface area contributed by atoms with Crippen molar-refractivity contribution in [3.8, 4) is 11.3 Å². The normalized spacial score (nSPS) is 15.2. The highest BCUT2D eigenvalue weighted by atomic mass is 32.2. The van der Waals surface area contributed by atoms with Crippen molar-refractivity contribution < 1.29 is 4.79 Å². The molecule has 1 aliphatic carbocycles. The van der Waals surface area contributed by atoms with E-state index in [0.29, 0.717) is 16.9 Å². The van der Waals surface area contributed by atoms with Crippen LogP contribution in [0.3, 0.4) is 0 Å². The van der Waals surface area contributed by atoms with Gasteiger partial charge in [-0.25, -0.2) is 4.98 Å². The monoisotopic (exact) mass is 343 g/mol. The number of aromatic nitrogens is 2. The molecule has 126 valence electrons. The van der Waals surface area contributed by atoms with Crippen LogP contribution in [0.2, 0.25) is 0 Å². The molecular weight excluding hydrogens is 322 g/mol. The smallest absolute Gasteiger partial charge is 0.252 e. The molecule has 1 amide bonds. The molecule has 1 aliphatic rings. The molecule has 0 bridgehead atoms. The molecule has 2 N–H and O–H groups in total. The lowest BCUT2D eigenvalue weighted by atomic mass is 9.95. The maximum absolute atomic E-state index is 12.1. The van der Waals surface area contributed by atoms with Crippen molar-refractivity contribution in [2.75, 3.05) is 5.75 Å². The summed E-state index contributed by atoms with van der Waals surface area (Å²) in [5.41, 5.74) is 1.30. The summed E-state index contributed by atoms with van der Waals surface area (Å²) in [4.78, 5) is 31.1. The Morgan fingerprint density at radius 2 is 1.96 bits per heavy atom. The first-order chi connectivity index (χ1) is 11.7. The number of aromatic amines is 1. The van der Waals surface area contributed by atoms with E-state index in [4.69, 9.17) is 0 Å².